The third kappa shape index (κ3) is 1.60. The summed E-state index contributed by atoms with van der Waals surface area (Å²) in [5.74, 6) is 0.395. The molecule has 0 saturated heterocycles. The molecular weight excluding hydrogens is 198 g/mol. The minimum absolute atomic E-state index is 0.0378. The van der Waals surface area contributed by atoms with Gasteiger partial charge < -0.3 is 10.4 Å². The Labute approximate surface area is 88.9 Å². The van der Waals surface area contributed by atoms with E-state index in [4.69, 9.17) is 11.6 Å². The molecule has 3 heteroatoms. The molecule has 0 aromatic heterocycles. The summed E-state index contributed by atoms with van der Waals surface area (Å²) < 4.78 is 0. The standard InChI is InChI=1S/C11H14ClNO/c1-7(12)11-9-3-2-4-10(14)8(9)5-6-13-11/h2-4,7,11,13-14H,5-6H2,1H3. The molecule has 1 heterocycles. The zero-order chi connectivity index (χ0) is 10.1. The molecule has 0 aliphatic carbocycles. The van der Waals surface area contributed by atoms with Gasteiger partial charge in [-0.25, -0.2) is 0 Å². The third-order valence-electron chi connectivity index (χ3n) is 2.72. The average Bonchev–Trinajstić information content (AvgIpc) is 2.17. The average molecular weight is 212 g/mol. The molecule has 1 aromatic rings. The minimum Gasteiger partial charge on any atom is -0.508 e. The first-order chi connectivity index (χ1) is 6.70. The molecule has 0 fully saturated rings. The lowest BCUT2D eigenvalue weighted by Gasteiger charge is -2.29. The zero-order valence-electron chi connectivity index (χ0n) is 8.13. The number of fused-ring (bicyclic) bond motifs is 1. The number of benzene rings is 1. The highest BCUT2D eigenvalue weighted by atomic mass is 35.5. The summed E-state index contributed by atoms with van der Waals surface area (Å²) >= 11 is 6.09. The first kappa shape index (κ1) is 9.81. The highest BCUT2D eigenvalue weighted by Gasteiger charge is 2.24. The first-order valence-electron chi connectivity index (χ1n) is 4.88. The van der Waals surface area contributed by atoms with Gasteiger partial charge in [0.05, 0.1) is 5.38 Å². The fourth-order valence-electron chi connectivity index (χ4n) is 2.03. The van der Waals surface area contributed by atoms with E-state index in [1.807, 2.05) is 19.1 Å². The Morgan fingerprint density at radius 3 is 3.07 bits per heavy atom. The van der Waals surface area contributed by atoms with Gasteiger partial charge in [-0.15, -0.1) is 11.6 Å². The molecular formula is C11H14ClNO. The van der Waals surface area contributed by atoms with Gasteiger partial charge >= 0.3 is 0 Å². The number of halogens is 1. The highest BCUT2D eigenvalue weighted by Crippen LogP contribution is 2.32. The summed E-state index contributed by atoms with van der Waals surface area (Å²) in [5, 5.41) is 13.1. The lowest BCUT2D eigenvalue weighted by atomic mass is 9.92. The molecule has 1 aliphatic heterocycles. The van der Waals surface area contributed by atoms with Crippen LogP contribution in [-0.4, -0.2) is 17.0 Å². The second-order valence-corrected chi connectivity index (χ2v) is 4.39. The van der Waals surface area contributed by atoms with Crippen LogP contribution in [0.5, 0.6) is 5.75 Å². The van der Waals surface area contributed by atoms with Gasteiger partial charge in [0.2, 0.25) is 0 Å². The smallest absolute Gasteiger partial charge is 0.119 e. The van der Waals surface area contributed by atoms with Crippen molar-refractivity contribution < 1.29 is 5.11 Å². The maximum Gasteiger partial charge on any atom is 0.119 e. The molecule has 2 N–H and O–H groups in total. The van der Waals surface area contributed by atoms with E-state index in [0.717, 1.165) is 24.1 Å². The van der Waals surface area contributed by atoms with Crippen molar-refractivity contribution in [2.45, 2.75) is 24.8 Å². The Morgan fingerprint density at radius 1 is 1.57 bits per heavy atom. The summed E-state index contributed by atoms with van der Waals surface area (Å²) in [6, 6.07) is 5.80. The monoisotopic (exact) mass is 211 g/mol. The van der Waals surface area contributed by atoms with Gasteiger partial charge in [-0.2, -0.15) is 0 Å². The number of phenols is 1. The molecule has 0 saturated carbocycles. The number of rotatable bonds is 1. The SMILES string of the molecule is CC(Cl)C1NCCc2c(O)cccc21. The van der Waals surface area contributed by atoms with Gasteiger partial charge in [0.15, 0.2) is 0 Å². The fraction of sp³-hybridized carbons (Fsp3) is 0.455. The molecule has 0 amide bonds. The van der Waals surface area contributed by atoms with Crippen molar-refractivity contribution in [2.24, 2.45) is 0 Å². The van der Waals surface area contributed by atoms with E-state index in [1.165, 1.54) is 0 Å². The van der Waals surface area contributed by atoms with Crippen molar-refractivity contribution in [3.8, 4) is 5.75 Å². The third-order valence-corrected chi connectivity index (χ3v) is 2.97. The van der Waals surface area contributed by atoms with Crippen LogP contribution in [0.4, 0.5) is 0 Å². The normalized spacial score (nSPS) is 22.9. The predicted octanol–water partition coefficient (Wildman–Crippen LogP) is 2.21. The van der Waals surface area contributed by atoms with Crippen LogP contribution in [0.15, 0.2) is 18.2 Å². The molecule has 2 atom stereocenters. The second-order valence-electron chi connectivity index (χ2n) is 3.70. The van der Waals surface area contributed by atoms with E-state index in [9.17, 15) is 5.11 Å². The quantitative estimate of drug-likeness (QED) is 0.699. The molecule has 14 heavy (non-hydrogen) atoms. The molecule has 76 valence electrons. The van der Waals surface area contributed by atoms with Crippen LogP contribution in [0.3, 0.4) is 0 Å². The van der Waals surface area contributed by atoms with Crippen molar-refractivity contribution in [1.82, 2.24) is 5.32 Å². The number of aromatic hydroxyl groups is 1. The van der Waals surface area contributed by atoms with E-state index in [2.05, 4.69) is 5.32 Å². The van der Waals surface area contributed by atoms with E-state index >= 15 is 0 Å². The molecule has 0 radical (unpaired) electrons. The lowest BCUT2D eigenvalue weighted by molar-refractivity contribution is 0.444. The van der Waals surface area contributed by atoms with Crippen molar-refractivity contribution in [3.63, 3.8) is 0 Å². The molecule has 2 nitrogen and oxygen atoms in total. The number of alkyl halides is 1. The molecule has 2 rings (SSSR count). The maximum atomic E-state index is 9.69. The summed E-state index contributed by atoms with van der Waals surface area (Å²) in [6.45, 7) is 2.85. The van der Waals surface area contributed by atoms with Crippen LogP contribution in [0.1, 0.15) is 24.1 Å². The van der Waals surface area contributed by atoms with E-state index in [-0.39, 0.29) is 11.4 Å². The second kappa shape index (κ2) is 3.79. The number of hydrogen-bond donors (Lipinski definition) is 2. The van der Waals surface area contributed by atoms with Gasteiger partial charge in [-0.3, -0.25) is 0 Å². The fourth-order valence-corrected chi connectivity index (χ4v) is 2.25. The Bertz CT molecular complexity index is 338. The van der Waals surface area contributed by atoms with Gasteiger partial charge in [-0.1, -0.05) is 12.1 Å². The highest BCUT2D eigenvalue weighted by molar-refractivity contribution is 6.20. The van der Waals surface area contributed by atoms with E-state index in [1.54, 1.807) is 6.07 Å². The predicted molar refractivity (Wildman–Crippen MR) is 57.9 cm³/mol. The topological polar surface area (TPSA) is 32.3 Å². The number of nitrogens with one attached hydrogen (secondary N) is 1. The summed E-state index contributed by atoms with van der Waals surface area (Å²) in [5.41, 5.74) is 2.18. The summed E-state index contributed by atoms with van der Waals surface area (Å²) in [7, 11) is 0. The Balaban J connectivity index is 2.44. The van der Waals surface area contributed by atoms with Crippen LogP contribution in [-0.2, 0) is 6.42 Å². The molecule has 1 aromatic carbocycles. The van der Waals surface area contributed by atoms with Crippen LogP contribution >= 0.6 is 11.6 Å². The molecule has 0 spiro atoms. The largest absolute Gasteiger partial charge is 0.508 e. The van der Waals surface area contributed by atoms with Crippen LogP contribution < -0.4 is 5.32 Å². The van der Waals surface area contributed by atoms with Gasteiger partial charge in [0.25, 0.3) is 0 Å². The first-order valence-corrected chi connectivity index (χ1v) is 5.32. The van der Waals surface area contributed by atoms with Gasteiger partial charge in [0, 0.05) is 6.04 Å². The van der Waals surface area contributed by atoms with Crippen LogP contribution in [0, 0.1) is 0 Å². The van der Waals surface area contributed by atoms with Gasteiger partial charge in [0.1, 0.15) is 5.75 Å². The summed E-state index contributed by atoms with van der Waals surface area (Å²) in [4.78, 5) is 0. The molecule has 1 aliphatic rings. The van der Waals surface area contributed by atoms with Crippen LogP contribution in [0.25, 0.3) is 0 Å². The van der Waals surface area contributed by atoms with E-state index < -0.39 is 0 Å². The Kier molecular flexibility index (Phi) is 2.66. The van der Waals surface area contributed by atoms with Crippen LogP contribution in [0.2, 0.25) is 0 Å². The van der Waals surface area contributed by atoms with Crippen molar-refractivity contribution in [3.05, 3.63) is 29.3 Å². The minimum atomic E-state index is 0.0378. The zero-order valence-corrected chi connectivity index (χ0v) is 8.88. The molecule has 2 unspecified atom stereocenters. The Morgan fingerprint density at radius 2 is 2.36 bits per heavy atom. The number of hydrogen-bond acceptors (Lipinski definition) is 2. The number of phenolic OH excluding ortho intramolecular Hbond substituents is 1. The van der Waals surface area contributed by atoms with Crippen molar-refractivity contribution in [2.75, 3.05) is 6.54 Å². The Hall–Kier alpha value is -0.730. The van der Waals surface area contributed by atoms with Crippen molar-refractivity contribution >= 4 is 11.6 Å². The maximum absolute atomic E-state index is 9.69. The van der Waals surface area contributed by atoms with E-state index in [0.29, 0.717) is 5.75 Å². The molecule has 0 bridgehead atoms. The van der Waals surface area contributed by atoms with Crippen molar-refractivity contribution in [1.29, 1.82) is 0 Å². The summed E-state index contributed by atoms with van der Waals surface area (Å²) in [6.07, 6.45) is 0.877. The van der Waals surface area contributed by atoms with Gasteiger partial charge in [-0.05, 0) is 37.1 Å². The lowest BCUT2D eigenvalue weighted by Crippen LogP contribution is -2.34.